The maximum absolute atomic E-state index is 6.20. The standard InChI is InChI=1S/C20H19ClN6O2/c1-28-13-5-6-23-17(8-13)24-9-12-3-4-14(15(7-12)29-2)18-19-20(22)25-10-16(21)27(19)11-26-18/h3-8,10-11H,9H2,1-2H3,(H2,22,25)(H,23,24). The van der Waals surface area contributed by atoms with Gasteiger partial charge in [-0.25, -0.2) is 15.0 Å². The molecule has 1 aromatic carbocycles. The fourth-order valence-corrected chi connectivity index (χ4v) is 3.24. The highest BCUT2D eigenvalue weighted by molar-refractivity contribution is 6.29. The van der Waals surface area contributed by atoms with Crippen LogP contribution in [0.15, 0.2) is 49.1 Å². The first-order valence-electron chi connectivity index (χ1n) is 8.79. The van der Waals surface area contributed by atoms with Gasteiger partial charge < -0.3 is 20.5 Å². The highest BCUT2D eigenvalue weighted by atomic mass is 35.5. The summed E-state index contributed by atoms with van der Waals surface area (Å²) < 4.78 is 12.5. The first kappa shape index (κ1) is 18.8. The zero-order chi connectivity index (χ0) is 20.4. The lowest BCUT2D eigenvalue weighted by molar-refractivity contribution is 0.414. The molecule has 8 nitrogen and oxygen atoms in total. The largest absolute Gasteiger partial charge is 0.497 e. The van der Waals surface area contributed by atoms with E-state index in [2.05, 4.69) is 20.3 Å². The predicted octanol–water partition coefficient (Wildman–Crippen LogP) is 3.66. The Labute approximate surface area is 172 Å². The van der Waals surface area contributed by atoms with Gasteiger partial charge in [0.05, 0.1) is 20.4 Å². The molecule has 0 spiro atoms. The number of hydrogen-bond acceptors (Lipinski definition) is 7. The zero-order valence-corrected chi connectivity index (χ0v) is 16.6. The zero-order valence-electron chi connectivity index (χ0n) is 15.9. The van der Waals surface area contributed by atoms with E-state index < -0.39 is 0 Å². The average Bonchev–Trinajstić information content (AvgIpc) is 3.21. The Morgan fingerprint density at radius 1 is 1.10 bits per heavy atom. The molecule has 0 radical (unpaired) electrons. The van der Waals surface area contributed by atoms with Crippen molar-refractivity contribution in [2.45, 2.75) is 6.54 Å². The highest BCUT2D eigenvalue weighted by Gasteiger charge is 2.17. The number of methoxy groups -OCH3 is 2. The summed E-state index contributed by atoms with van der Waals surface area (Å²) in [5.74, 6) is 2.48. The predicted molar refractivity (Wildman–Crippen MR) is 113 cm³/mol. The lowest BCUT2D eigenvalue weighted by Crippen LogP contribution is -2.02. The van der Waals surface area contributed by atoms with Crippen molar-refractivity contribution in [3.05, 3.63) is 59.8 Å². The second-order valence-corrected chi connectivity index (χ2v) is 6.63. The number of ether oxygens (including phenoxy) is 2. The Kier molecular flexibility index (Phi) is 5.09. The Bertz CT molecular complexity index is 1180. The number of pyridine rings is 1. The van der Waals surface area contributed by atoms with Crippen LogP contribution in [0.1, 0.15) is 5.56 Å². The van der Waals surface area contributed by atoms with E-state index in [1.807, 2.05) is 24.3 Å². The van der Waals surface area contributed by atoms with Crippen LogP contribution in [0.5, 0.6) is 11.5 Å². The summed E-state index contributed by atoms with van der Waals surface area (Å²) in [5.41, 5.74) is 9.18. The van der Waals surface area contributed by atoms with Gasteiger partial charge in [-0.3, -0.25) is 4.40 Å². The van der Waals surface area contributed by atoms with E-state index in [1.54, 1.807) is 37.2 Å². The summed E-state index contributed by atoms with van der Waals surface area (Å²) in [7, 11) is 3.24. The van der Waals surface area contributed by atoms with Crippen LogP contribution < -0.4 is 20.5 Å². The number of anilines is 2. The smallest absolute Gasteiger partial charge is 0.150 e. The maximum atomic E-state index is 6.20. The molecule has 9 heteroatoms. The number of fused-ring (bicyclic) bond motifs is 1. The van der Waals surface area contributed by atoms with Crippen LogP contribution in [0, 0.1) is 0 Å². The third kappa shape index (κ3) is 3.62. The Hall–Kier alpha value is -3.52. The number of nitrogens with zero attached hydrogens (tertiary/aromatic N) is 4. The van der Waals surface area contributed by atoms with Gasteiger partial charge in [0.25, 0.3) is 0 Å². The molecule has 0 bridgehead atoms. The topological polar surface area (TPSA) is 99.6 Å². The molecule has 3 aromatic heterocycles. The molecule has 0 amide bonds. The van der Waals surface area contributed by atoms with E-state index in [0.29, 0.717) is 34.5 Å². The number of halogens is 1. The van der Waals surface area contributed by atoms with Crippen molar-refractivity contribution >= 4 is 28.8 Å². The molecule has 0 atom stereocenters. The minimum absolute atomic E-state index is 0.346. The van der Waals surface area contributed by atoms with Crippen molar-refractivity contribution in [3.63, 3.8) is 0 Å². The van der Waals surface area contributed by atoms with Crippen LogP contribution in [0.2, 0.25) is 5.15 Å². The molecule has 0 saturated carbocycles. The molecule has 0 saturated heterocycles. The summed E-state index contributed by atoms with van der Waals surface area (Å²) in [6.45, 7) is 0.566. The van der Waals surface area contributed by atoms with Gasteiger partial charge >= 0.3 is 0 Å². The fraction of sp³-hybridized carbons (Fsp3) is 0.150. The van der Waals surface area contributed by atoms with E-state index in [0.717, 1.165) is 22.7 Å². The normalized spacial score (nSPS) is 10.9. The number of hydrogen-bond donors (Lipinski definition) is 2. The van der Waals surface area contributed by atoms with Crippen molar-refractivity contribution in [2.75, 3.05) is 25.3 Å². The molecule has 3 N–H and O–H groups in total. The number of benzene rings is 1. The molecule has 0 unspecified atom stereocenters. The van der Waals surface area contributed by atoms with Crippen LogP contribution in [0.3, 0.4) is 0 Å². The minimum Gasteiger partial charge on any atom is -0.497 e. The SMILES string of the molecule is COc1ccnc(NCc2ccc(-c3ncn4c(Cl)cnc(N)c34)c(OC)c2)c1. The van der Waals surface area contributed by atoms with E-state index in [4.69, 9.17) is 26.8 Å². The molecule has 0 fully saturated rings. The highest BCUT2D eigenvalue weighted by Crippen LogP contribution is 2.35. The van der Waals surface area contributed by atoms with Gasteiger partial charge in [0.1, 0.15) is 45.8 Å². The molecule has 0 aliphatic heterocycles. The summed E-state index contributed by atoms with van der Waals surface area (Å²) in [6.07, 6.45) is 4.81. The van der Waals surface area contributed by atoms with Gasteiger partial charge in [0.15, 0.2) is 0 Å². The second-order valence-electron chi connectivity index (χ2n) is 6.25. The summed E-state index contributed by atoms with van der Waals surface area (Å²) in [5, 5.41) is 3.70. The van der Waals surface area contributed by atoms with Gasteiger partial charge in [-0.15, -0.1) is 0 Å². The number of nitrogens with one attached hydrogen (secondary N) is 1. The Balaban J connectivity index is 1.65. The average molecular weight is 411 g/mol. The number of aromatic nitrogens is 4. The molecule has 4 aromatic rings. The maximum Gasteiger partial charge on any atom is 0.150 e. The van der Waals surface area contributed by atoms with Crippen molar-refractivity contribution in [1.29, 1.82) is 0 Å². The van der Waals surface area contributed by atoms with Crippen molar-refractivity contribution in [1.82, 2.24) is 19.4 Å². The molecule has 4 rings (SSSR count). The van der Waals surface area contributed by atoms with Crippen molar-refractivity contribution < 1.29 is 9.47 Å². The first-order valence-corrected chi connectivity index (χ1v) is 9.16. The first-order chi connectivity index (χ1) is 14.1. The third-order valence-corrected chi connectivity index (χ3v) is 4.79. The van der Waals surface area contributed by atoms with Gasteiger partial charge in [-0.05, 0) is 23.8 Å². The van der Waals surface area contributed by atoms with E-state index in [-0.39, 0.29) is 0 Å². The number of nitrogen functional groups attached to an aromatic ring is 1. The summed E-state index contributed by atoms with van der Waals surface area (Å²) >= 11 is 6.20. The van der Waals surface area contributed by atoms with Crippen LogP contribution in [0.4, 0.5) is 11.6 Å². The Morgan fingerprint density at radius 3 is 2.76 bits per heavy atom. The number of rotatable bonds is 6. The van der Waals surface area contributed by atoms with Gasteiger partial charge in [0, 0.05) is 24.4 Å². The van der Waals surface area contributed by atoms with E-state index in [9.17, 15) is 0 Å². The molecule has 29 heavy (non-hydrogen) atoms. The molecule has 0 aliphatic carbocycles. The lowest BCUT2D eigenvalue weighted by atomic mass is 10.1. The summed E-state index contributed by atoms with van der Waals surface area (Å²) in [4.78, 5) is 12.9. The molecule has 0 aliphatic rings. The van der Waals surface area contributed by atoms with Gasteiger partial charge in [0.2, 0.25) is 0 Å². The monoisotopic (exact) mass is 410 g/mol. The van der Waals surface area contributed by atoms with E-state index in [1.165, 1.54) is 6.20 Å². The van der Waals surface area contributed by atoms with Crippen LogP contribution in [0.25, 0.3) is 16.8 Å². The van der Waals surface area contributed by atoms with Crippen molar-refractivity contribution in [3.8, 4) is 22.8 Å². The minimum atomic E-state index is 0.346. The third-order valence-electron chi connectivity index (χ3n) is 4.51. The molecule has 148 valence electrons. The van der Waals surface area contributed by atoms with Gasteiger partial charge in [-0.2, -0.15) is 0 Å². The second kappa shape index (κ2) is 7.84. The van der Waals surface area contributed by atoms with Crippen LogP contribution in [-0.2, 0) is 6.54 Å². The summed E-state index contributed by atoms with van der Waals surface area (Å²) in [6, 6.07) is 9.51. The lowest BCUT2D eigenvalue weighted by Gasteiger charge is -2.12. The fourth-order valence-electron chi connectivity index (χ4n) is 3.07. The van der Waals surface area contributed by atoms with E-state index >= 15 is 0 Å². The van der Waals surface area contributed by atoms with Crippen LogP contribution in [-0.4, -0.2) is 33.6 Å². The number of imidazole rings is 1. The molecular weight excluding hydrogens is 392 g/mol. The van der Waals surface area contributed by atoms with Gasteiger partial charge in [-0.1, -0.05) is 17.7 Å². The molecular formula is C20H19ClN6O2. The van der Waals surface area contributed by atoms with Crippen LogP contribution >= 0.6 is 11.6 Å². The Morgan fingerprint density at radius 2 is 1.97 bits per heavy atom. The van der Waals surface area contributed by atoms with Crippen molar-refractivity contribution in [2.24, 2.45) is 0 Å². The quantitative estimate of drug-likeness (QED) is 0.500. The molecule has 3 heterocycles. The number of nitrogens with two attached hydrogens (primary N) is 1.